The van der Waals surface area contributed by atoms with Crippen LogP contribution in [0, 0.1) is 5.92 Å². The van der Waals surface area contributed by atoms with Gasteiger partial charge in [-0.05, 0) is 30.0 Å². The highest BCUT2D eigenvalue weighted by molar-refractivity contribution is 6.05. The first-order valence-corrected chi connectivity index (χ1v) is 9.43. The number of nitrogens with zero attached hydrogens (tertiary/aromatic N) is 2. The van der Waals surface area contributed by atoms with Crippen LogP contribution < -0.4 is 0 Å². The van der Waals surface area contributed by atoms with E-state index in [4.69, 9.17) is 4.74 Å². The van der Waals surface area contributed by atoms with Gasteiger partial charge in [-0.2, -0.15) is 0 Å². The minimum atomic E-state index is -0.602. The van der Waals surface area contributed by atoms with Crippen molar-refractivity contribution in [1.82, 2.24) is 9.80 Å². The van der Waals surface area contributed by atoms with Crippen LogP contribution in [-0.4, -0.2) is 47.4 Å². The van der Waals surface area contributed by atoms with Crippen LogP contribution >= 0.6 is 0 Å². The molecular weight excluding hydrogens is 356 g/mol. The third kappa shape index (κ3) is 2.76. The molecule has 2 heterocycles. The lowest BCUT2D eigenvalue weighted by Crippen LogP contribution is -2.37. The van der Waals surface area contributed by atoms with Crippen molar-refractivity contribution >= 4 is 17.9 Å². The van der Waals surface area contributed by atoms with E-state index >= 15 is 0 Å². The largest absolute Gasteiger partial charge is 0.469 e. The number of benzene rings is 2. The van der Waals surface area contributed by atoms with Crippen molar-refractivity contribution in [2.45, 2.75) is 25.4 Å². The number of esters is 1. The zero-order chi connectivity index (χ0) is 19.8. The van der Waals surface area contributed by atoms with Crippen LogP contribution in [0.25, 0.3) is 11.1 Å². The fourth-order valence-electron chi connectivity index (χ4n) is 4.32. The van der Waals surface area contributed by atoms with Gasteiger partial charge >= 0.3 is 12.0 Å². The Morgan fingerprint density at radius 2 is 1.68 bits per heavy atom. The molecule has 3 atom stereocenters. The van der Waals surface area contributed by atoms with Crippen molar-refractivity contribution < 1.29 is 19.1 Å². The lowest BCUT2D eigenvalue weighted by Gasteiger charge is -2.27. The van der Waals surface area contributed by atoms with Gasteiger partial charge in [-0.3, -0.25) is 14.5 Å². The molecule has 2 fully saturated rings. The Bertz CT molecular complexity index is 910. The molecule has 4 rings (SSSR count). The topological polar surface area (TPSA) is 66.9 Å². The number of ether oxygens (including phenoxy) is 1. The predicted molar refractivity (Wildman–Crippen MR) is 103 cm³/mol. The normalized spacial score (nSPS) is 23.9. The SMILES string of the molecule is CCN1C(=O)C2CC(C(=O)OC)C(c3ccc(-c4ccccc4)cc3)N2C1=O. The van der Waals surface area contributed by atoms with Gasteiger partial charge in [0.1, 0.15) is 6.04 Å². The van der Waals surface area contributed by atoms with E-state index in [0.29, 0.717) is 13.0 Å². The smallest absolute Gasteiger partial charge is 0.327 e. The van der Waals surface area contributed by atoms with Gasteiger partial charge in [-0.1, -0.05) is 54.6 Å². The zero-order valence-corrected chi connectivity index (χ0v) is 15.9. The molecule has 2 saturated heterocycles. The van der Waals surface area contributed by atoms with E-state index in [2.05, 4.69) is 0 Å². The maximum atomic E-state index is 12.8. The minimum absolute atomic E-state index is 0.232. The minimum Gasteiger partial charge on any atom is -0.469 e. The summed E-state index contributed by atoms with van der Waals surface area (Å²) in [6.07, 6.45) is 0.291. The van der Waals surface area contributed by atoms with Crippen LogP contribution in [0.1, 0.15) is 24.9 Å². The molecule has 0 bridgehead atoms. The lowest BCUT2D eigenvalue weighted by atomic mass is 9.91. The van der Waals surface area contributed by atoms with Crippen LogP contribution in [-0.2, 0) is 14.3 Å². The summed E-state index contributed by atoms with van der Waals surface area (Å²) in [5.41, 5.74) is 2.97. The van der Waals surface area contributed by atoms with E-state index < -0.39 is 24.0 Å². The zero-order valence-electron chi connectivity index (χ0n) is 15.9. The van der Waals surface area contributed by atoms with Crippen LogP contribution in [0.3, 0.4) is 0 Å². The van der Waals surface area contributed by atoms with E-state index in [9.17, 15) is 14.4 Å². The summed E-state index contributed by atoms with van der Waals surface area (Å²) in [5, 5.41) is 0. The lowest BCUT2D eigenvalue weighted by molar-refractivity contribution is -0.146. The number of hydrogen-bond donors (Lipinski definition) is 0. The number of fused-ring (bicyclic) bond motifs is 1. The molecule has 6 nitrogen and oxygen atoms in total. The Kier molecular flexibility index (Phi) is 4.63. The van der Waals surface area contributed by atoms with Crippen LogP contribution in [0.5, 0.6) is 0 Å². The van der Waals surface area contributed by atoms with Crippen LogP contribution in [0.2, 0.25) is 0 Å². The van der Waals surface area contributed by atoms with Gasteiger partial charge in [0.05, 0.1) is 19.1 Å². The molecule has 28 heavy (non-hydrogen) atoms. The average molecular weight is 378 g/mol. The van der Waals surface area contributed by atoms with Gasteiger partial charge in [0.15, 0.2) is 0 Å². The van der Waals surface area contributed by atoms with E-state index in [1.165, 1.54) is 12.0 Å². The summed E-state index contributed by atoms with van der Waals surface area (Å²) in [6, 6.07) is 16.4. The Morgan fingerprint density at radius 1 is 1.04 bits per heavy atom. The fourth-order valence-corrected chi connectivity index (χ4v) is 4.32. The van der Waals surface area contributed by atoms with Crippen molar-refractivity contribution in [3.63, 3.8) is 0 Å². The Balaban J connectivity index is 1.71. The molecule has 0 radical (unpaired) electrons. The molecule has 0 N–H and O–H groups in total. The van der Waals surface area contributed by atoms with Crippen molar-refractivity contribution in [2.75, 3.05) is 13.7 Å². The summed E-state index contributed by atoms with van der Waals surface area (Å²) >= 11 is 0. The first-order valence-electron chi connectivity index (χ1n) is 9.43. The number of carbonyl (C=O) groups is 3. The summed E-state index contributed by atoms with van der Waals surface area (Å²) in [6.45, 7) is 2.10. The van der Waals surface area contributed by atoms with Crippen LogP contribution in [0.15, 0.2) is 54.6 Å². The third-order valence-corrected chi connectivity index (χ3v) is 5.68. The molecule has 2 aliphatic heterocycles. The van der Waals surface area contributed by atoms with Gasteiger partial charge in [-0.15, -0.1) is 0 Å². The first-order chi connectivity index (χ1) is 13.6. The van der Waals surface area contributed by atoms with Crippen molar-refractivity contribution in [3.8, 4) is 11.1 Å². The number of amides is 3. The first kappa shape index (κ1) is 18.2. The second-order valence-electron chi connectivity index (χ2n) is 7.09. The Labute approximate surface area is 163 Å². The standard InChI is InChI=1S/C22H22N2O4/c1-3-23-20(25)18-13-17(21(26)28-2)19(24(18)22(23)27)16-11-9-15(10-12-16)14-7-5-4-6-8-14/h4-12,17-19H,3,13H2,1-2H3. The molecular formula is C22H22N2O4. The van der Waals surface area contributed by atoms with E-state index in [-0.39, 0.29) is 11.9 Å². The molecule has 0 spiro atoms. The maximum Gasteiger partial charge on any atom is 0.327 e. The summed E-state index contributed by atoms with van der Waals surface area (Å²) in [5.74, 6) is -1.18. The molecule has 0 saturated carbocycles. The average Bonchev–Trinajstić information content (AvgIpc) is 3.24. The number of hydrogen-bond acceptors (Lipinski definition) is 4. The Morgan fingerprint density at radius 3 is 2.29 bits per heavy atom. The third-order valence-electron chi connectivity index (χ3n) is 5.68. The quantitative estimate of drug-likeness (QED) is 0.605. The Hall–Kier alpha value is -3.15. The van der Waals surface area contributed by atoms with Crippen LogP contribution in [0.4, 0.5) is 4.79 Å². The van der Waals surface area contributed by atoms with Gasteiger partial charge in [0.25, 0.3) is 5.91 Å². The molecule has 6 heteroatoms. The van der Waals surface area contributed by atoms with Crippen molar-refractivity contribution in [3.05, 3.63) is 60.2 Å². The highest BCUT2D eigenvalue weighted by atomic mass is 16.5. The molecule has 2 aliphatic rings. The summed E-state index contributed by atoms with van der Waals surface area (Å²) in [4.78, 5) is 40.7. The highest BCUT2D eigenvalue weighted by Crippen LogP contribution is 2.45. The van der Waals surface area contributed by atoms with Gasteiger partial charge in [0.2, 0.25) is 0 Å². The van der Waals surface area contributed by atoms with Crippen molar-refractivity contribution in [1.29, 1.82) is 0 Å². The molecule has 3 unspecified atom stereocenters. The molecule has 2 aromatic carbocycles. The number of urea groups is 1. The highest BCUT2D eigenvalue weighted by Gasteiger charge is 2.57. The monoisotopic (exact) mass is 378 g/mol. The number of likely N-dealkylation sites (N-methyl/N-ethyl adjacent to an activating group) is 1. The summed E-state index contributed by atoms with van der Waals surface area (Å²) in [7, 11) is 1.34. The van der Waals surface area contributed by atoms with Crippen molar-refractivity contribution in [2.24, 2.45) is 5.92 Å². The molecule has 144 valence electrons. The molecule has 3 amide bonds. The van der Waals surface area contributed by atoms with Gasteiger partial charge in [-0.25, -0.2) is 4.79 Å². The maximum absolute atomic E-state index is 12.8. The van der Waals surface area contributed by atoms with E-state index in [0.717, 1.165) is 16.7 Å². The fraction of sp³-hybridized carbons (Fsp3) is 0.318. The number of imide groups is 1. The number of rotatable bonds is 4. The van der Waals surface area contributed by atoms with Gasteiger partial charge < -0.3 is 9.64 Å². The van der Waals surface area contributed by atoms with E-state index in [1.807, 2.05) is 54.6 Å². The number of methoxy groups -OCH3 is 1. The van der Waals surface area contributed by atoms with E-state index in [1.54, 1.807) is 11.8 Å². The number of carbonyl (C=O) groups excluding carboxylic acids is 3. The second kappa shape index (κ2) is 7.11. The molecule has 2 aromatic rings. The molecule has 0 aromatic heterocycles. The second-order valence-corrected chi connectivity index (χ2v) is 7.09. The molecule has 0 aliphatic carbocycles. The predicted octanol–water partition coefficient (Wildman–Crippen LogP) is 3.24. The van der Waals surface area contributed by atoms with Gasteiger partial charge in [0, 0.05) is 6.54 Å². The summed E-state index contributed by atoms with van der Waals surface area (Å²) < 4.78 is 4.97.